The fraction of sp³-hybridized carbons (Fsp3) is 0.312. The maximum Gasteiger partial charge on any atom is 0.0998 e. The van der Waals surface area contributed by atoms with Crippen LogP contribution in [0, 0.1) is 18.3 Å². The molecule has 0 amide bonds. The second kappa shape index (κ2) is 3.11. The molecule has 0 spiro atoms. The Morgan fingerprint density at radius 2 is 1.94 bits per heavy atom. The van der Waals surface area contributed by atoms with Crippen LogP contribution in [0.1, 0.15) is 36.1 Å². The number of nitrogens with zero attached hydrogens (tertiary/aromatic N) is 1. The zero-order valence-electron chi connectivity index (χ0n) is 10.5. The molecule has 0 aliphatic heterocycles. The molecular weight excluding hydrogens is 206 g/mol. The molecule has 1 heteroatoms. The molecule has 1 nitrogen and oxygen atoms in total. The summed E-state index contributed by atoms with van der Waals surface area (Å²) in [5.74, 6) is 0. The van der Waals surface area contributed by atoms with Crippen molar-refractivity contribution in [3.63, 3.8) is 0 Å². The summed E-state index contributed by atoms with van der Waals surface area (Å²) in [4.78, 5) is 0. The first-order valence-electron chi connectivity index (χ1n) is 6.00. The number of hydrogen-bond acceptors (Lipinski definition) is 1. The molecule has 2 aromatic carbocycles. The monoisotopic (exact) mass is 221 g/mol. The van der Waals surface area contributed by atoms with Crippen molar-refractivity contribution in [3.8, 4) is 6.07 Å². The summed E-state index contributed by atoms with van der Waals surface area (Å²) >= 11 is 0. The van der Waals surface area contributed by atoms with Gasteiger partial charge in [0.25, 0.3) is 0 Å². The Balaban J connectivity index is 2.53. The first-order valence-corrected chi connectivity index (χ1v) is 6.00. The smallest absolute Gasteiger partial charge is 0.0998 e. The van der Waals surface area contributed by atoms with Gasteiger partial charge in [-0.2, -0.15) is 5.26 Å². The molecule has 0 bridgehead atoms. The summed E-state index contributed by atoms with van der Waals surface area (Å²) in [6, 6.07) is 10.6. The standard InChI is InChI=1S/C16H15N/c1-10-4-6-12-11(9-17)5-7-14-15(12)13(10)8-16(14,2)3/h4-7H,8H2,1-3H3. The predicted molar refractivity (Wildman–Crippen MR) is 70.1 cm³/mol. The van der Waals surface area contributed by atoms with E-state index in [0.717, 1.165) is 17.4 Å². The lowest BCUT2D eigenvalue weighted by atomic mass is 9.85. The molecule has 0 saturated heterocycles. The van der Waals surface area contributed by atoms with E-state index < -0.39 is 0 Å². The molecule has 0 radical (unpaired) electrons. The van der Waals surface area contributed by atoms with Crippen LogP contribution in [-0.4, -0.2) is 0 Å². The first-order chi connectivity index (χ1) is 8.04. The van der Waals surface area contributed by atoms with Crippen molar-refractivity contribution in [2.24, 2.45) is 0 Å². The van der Waals surface area contributed by atoms with E-state index in [2.05, 4.69) is 45.0 Å². The fourth-order valence-corrected chi connectivity index (χ4v) is 3.05. The van der Waals surface area contributed by atoms with E-state index >= 15 is 0 Å². The maximum atomic E-state index is 9.19. The summed E-state index contributed by atoms with van der Waals surface area (Å²) in [5, 5.41) is 11.6. The minimum absolute atomic E-state index is 0.195. The van der Waals surface area contributed by atoms with Crippen molar-refractivity contribution in [1.29, 1.82) is 5.26 Å². The quantitative estimate of drug-likeness (QED) is 0.662. The van der Waals surface area contributed by atoms with Crippen molar-refractivity contribution in [1.82, 2.24) is 0 Å². The molecule has 0 aromatic heterocycles. The minimum atomic E-state index is 0.195. The van der Waals surface area contributed by atoms with Crippen LogP contribution in [0.25, 0.3) is 10.8 Å². The first kappa shape index (κ1) is 10.4. The molecule has 3 rings (SSSR count). The van der Waals surface area contributed by atoms with E-state index in [1.54, 1.807) is 0 Å². The summed E-state index contributed by atoms with van der Waals surface area (Å²) in [6.45, 7) is 6.74. The summed E-state index contributed by atoms with van der Waals surface area (Å²) in [7, 11) is 0. The van der Waals surface area contributed by atoms with Crippen molar-refractivity contribution in [2.45, 2.75) is 32.6 Å². The molecule has 0 atom stereocenters. The Labute approximate surface area is 102 Å². The molecule has 0 heterocycles. The van der Waals surface area contributed by atoms with Crippen molar-refractivity contribution in [2.75, 3.05) is 0 Å². The van der Waals surface area contributed by atoms with Gasteiger partial charge in [-0.15, -0.1) is 0 Å². The van der Waals surface area contributed by atoms with Gasteiger partial charge in [0.2, 0.25) is 0 Å². The number of rotatable bonds is 0. The zero-order chi connectivity index (χ0) is 12.2. The average molecular weight is 221 g/mol. The molecule has 17 heavy (non-hydrogen) atoms. The SMILES string of the molecule is Cc1ccc2c(C#N)ccc3c2c1CC3(C)C. The lowest BCUT2D eigenvalue weighted by Gasteiger charge is -2.19. The summed E-state index contributed by atoms with van der Waals surface area (Å²) in [6.07, 6.45) is 1.08. The Hall–Kier alpha value is -1.81. The van der Waals surface area contributed by atoms with Gasteiger partial charge in [0.15, 0.2) is 0 Å². The van der Waals surface area contributed by atoms with E-state index in [0.29, 0.717) is 0 Å². The molecule has 0 unspecified atom stereocenters. The molecule has 2 aromatic rings. The molecule has 1 aliphatic rings. The molecule has 0 saturated carbocycles. The number of benzene rings is 2. The largest absolute Gasteiger partial charge is 0.192 e. The molecule has 0 N–H and O–H groups in total. The average Bonchev–Trinajstić information content (AvgIpc) is 2.58. The number of hydrogen-bond donors (Lipinski definition) is 0. The highest BCUT2D eigenvalue weighted by Crippen LogP contribution is 2.44. The molecular formula is C16H15N. The second-order valence-corrected chi connectivity index (χ2v) is 5.62. The van der Waals surface area contributed by atoms with E-state index in [9.17, 15) is 5.26 Å². The van der Waals surface area contributed by atoms with Gasteiger partial charge in [-0.3, -0.25) is 0 Å². The Morgan fingerprint density at radius 3 is 2.65 bits per heavy atom. The fourth-order valence-electron chi connectivity index (χ4n) is 3.05. The van der Waals surface area contributed by atoms with Crippen molar-refractivity contribution in [3.05, 3.63) is 46.5 Å². The highest BCUT2D eigenvalue weighted by Gasteiger charge is 2.32. The van der Waals surface area contributed by atoms with Crippen LogP contribution in [-0.2, 0) is 11.8 Å². The van der Waals surface area contributed by atoms with Gasteiger partial charge >= 0.3 is 0 Å². The van der Waals surface area contributed by atoms with Crippen LogP contribution in [0.3, 0.4) is 0 Å². The molecule has 1 aliphatic carbocycles. The maximum absolute atomic E-state index is 9.19. The minimum Gasteiger partial charge on any atom is -0.192 e. The summed E-state index contributed by atoms with van der Waals surface area (Å²) in [5.41, 5.74) is 5.16. The highest BCUT2D eigenvalue weighted by atomic mass is 14.4. The second-order valence-electron chi connectivity index (χ2n) is 5.62. The van der Waals surface area contributed by atoms with Gasteiger partial charge < -0.3 is 0 Å². The number of aryl methyl sites for hydroxylation is 1. The van der Waals surface area contributed by atoms with Crippen LogP contribution < -0.4 is 0 Å². The van der Waals surface area contributed by atoms with E-state index in [1.807, 2.05) is 6.07 Å². The van der Waals surface area contributed by atoms with E-state index in [-0.39, 0.29) is 5.41 Å². The van der Waals surface area contributed by atoms with E-state index in [1.165, 1.54) is 22.1 Å². The lowest BCUT2D eigenvalue weighted by Crippen LogP contribution is -2.15. The van der Waals surface area contributed by atoms with Gasteiger partial charge in [-0.05, 0) is 46.9 Å². The topological polar surface area (TPSA) is 23.8 Å². The van der Waals surface area contributed by atoms with Crippen LogP contribution in [0.2, 0.25) is 0 Å². The summed E-state index contributed by atoms with van der Waals surface area (Å²) < 4.78 is 0. The van der Waals surface area contributed by atoms with E-state index in [4.69, 9.17) is 0 Å². The van der Waals surface area contributed by atoms with Crippen molar-refractivity contribution < 1.29 is 0 Å². The highest BCUT2D eigenvalue weighted by molar-refractivity contribution is 5.96. The van der Waals surface area contributed by atoms with Crippen LogP contribution in [0.15, 0.2) is 24.3 Å². The Kier molecular flexibility index (Phi) is 1.89. The number of nitriles is 1. The van der Waals surface area contributed by atoms with Gasteiger partial charge in [-0.25, -0.2) is 0 Å². The van der Waals surface area contributed by atoms with Crippen LogP contribution >= 0.6 is 0 Å². The van der Waals surface area contributed by atoms with Crippen LogP contribution in [0.5, 0.6) is 0 Å². The molecule has 0 fully saturated rings. The lowest BCUT2D eigenvalue weighted by molar-refractivity contribution is 0.545. The van der Waals surface area contributed by atoms with Gasteiger partial charge in [-0.1, -0.05) is 32.0 Å². The third-order valence-electron chi connectivity index (χ3n) is 3.99. The third kappa shape index (κ3) is 1.24. The zero-order valence-corrected chi connectivity index (χ0v) is 10.5. The normalized spacial score (nSPS) is 16.1. The van der Waals surface area contributed by atoms with Crippen molar-refractivity contribution >= 4 is 10.8 Å². The third-order valence-corrected chi connectivity index (χ3v) is 3.99. The van der Waals surface area contributed by atoms with Gasteiger partial charge in [0.1, 0.15) is 0 Å². The Bertz CT molecular complexity index is 672. The van der Waals surface area contributed by atoms with Gasteiger partial charge in [0.05, 0.1) is 11.6 Å². The Morgan fingerprint density at radius 1 is 1.18 bits per heavy atom. The van der Waals surface area contributed by atoms with Gasteiger partial charge in [0, 0.05) is 5.39 Å². The molecule has 84 valence electrons. The predicted octanol–water partition coefficient (Wildman–Crippen LogP) is 3.85. The van der Waals surface area contributed by atoms with Crippen LogP contribution in [0.4, 0.5) is 0 Å².